The van der Waals surface area contributed by atoms with Crippen molar-refractivity contribution in [1.29, 1.82) is 0 Å². The number of methoxy groups -OCH3 is 1. The van der Waals surface area contributed by atoms with Crippen molar-refractivity contribution >= 4 is 11.8 Å². The average molecular weight is 485 g/mol. The van der Waals surface area contributed by atoms with Crippen molar-refractivity contribution in [3.05, 3.63) is 90.0 Å². The molecular weight excluding hydrogens is 456 g/mol. The Morgan fingerprint density at radius 2 is 1.83 bits per heavy atom. The summed E-state index contributed by atoms with van der Waals surface area (Å²) < 4.78 is 12.4. The number of likely N-dealkylation sites (tertiary alicyclic amines) is 1. The second kappa shape index (κ2) is 10.1. The Hall–Kier alpha value is -4.33. The van der Waals surface area contributed by atoms with Crippen LogP contribution in [0.2, 0.25) is 0 Å². The number of carbonyl (C=O) groups excluding carboxylic acids is 2. The maximum Gasteiger partial charge on any atom is 0.289 e. The molecule has 2 aromatic carbocycles. The number of nitrogens with zero attached hydrogens (tertiary/aromatic N) is 3. The summed E-state index contributed by atoms with van der Waals surface area (Å²) in [6.45, 7) is 3.13. The van der Waals surface area contributed by atoms with Crippen LogP contribution in [0, 0.1) is 6.92 Å². The minimum absolute atomic E-state index is 0.0426. The number of furan rings is 1. The normalized spacial score (nSPS) is 14.0. The van der Waals surface area contributed by atoms with Gasteiger partial charge in [-0.15, -0.1) is 0 Å². The number of ether oxygens (including phenoxy) is 1. The van der Waals surface area contributed by atoms with Crippen LogP contribution in [0.1, 0.15) is 39.3 Å². The molecule has 1 saturated heterocycles. The van der Waals surface area contributed by atoms with Gasteiger partial charge < -0.3 is 19.4 Å². The largest absolute Gasteiger partial charge is 0.497 e. The summed E-state index contributed by atoms with van der Waals surface area (Å²) in [5.41, 5.74) is 3.88. The van der Waals surface area contributed by atoms with Gasteiger partial charge in [-0.25, -0.2) is 4.68 Å². The van der Waals surface area contributed by atoms with Gasteiger partial charge in [-0.2, -0.15) is 5.10 Å². The monoisotopic (exact) mass is 484 g/mol. The summed E-state index contributed by atoms with van der Waals surface area (Å²) in [6, 6.07) is 18.8. The van der Waals surface area contributed by atoms with Crippen molar-refractivity contribution in [3.63, 3.8) is 0 Å². The Morgan fingerprint density at radius 3 is 2.53 bits per heavy atom. The van der Waals surface area contributed by atoms with E-state index in [0.717, 1.165) is 16.8 Å². The van der Waals surface area contributed by atoms with Crippen LogP contribution in [0.15, 0.2) is 77.5 Å². The van der Waals surface area contributed by atoms with Crippen LogP contribution < -0.4 is 10.1 Å². The second-order valence-corrected chi connectivity index (χ2v) is 8.92. The average Bonchev–Trinajstić information content (AvgIpc) is 3.60. The van der Waals surface area contributed by atoms with Gasteiger partial charge in [-0.3, -0.25) is 9.59 Å². The molecule has 8 heteroatoms. The molecule has 1 aliphatic heterocycles. The Labute approximate surface area is 209 Å². The molecule has 1 N–H and O–H groups in total. The van der Waals surface area contributed by atoms with E-state index in [9.17, 15) is 9.59 Å². The van der Waals surface area contributed by atoms with E-state index in [1.165, 1.54) is 6.26 Å². The van der Waals surface area contributed by atoms with E-state index in [1.54, 1.807) is 35.0 Å². The highest BCUT2D eigenvalue weighted by Gasteiger charge is 2.27. The van der Waals surface area contributed by atoms with Crippen molar-refractivity contribution in [2.75, 3.05) is 20.2 Å². The summed E-state index contributed by atoms with van der Waals surface area (Å²) in [5, 5.41) is 7.93. The number of benzene rings is 2. The van der Waals surface area contributed by atoms with Crippen molar-refractivity contribution in [2.24, 2.45) is 0 Å². The maximum absolute atomic E-state index is 13.5. The Kier molecular flexibility index (Phi) is 6.58. The molecule has 1 fully saturated rings. The van der Waals surface area contributed by atoms with E-state index < -0.39 is 0 Å². The molecule has 2 aromatic heterocycles. The minimum Gasteiger partial charge on any atom is -0.497 e. The molecule has 0 atom stereocenters. The Balaban J connectivity index is 1.36. The first-order valence-electron chi connectivity index (χ1n) is 12.0. The van der Waals surface area contributed by atoms with Gasteiger partial charge in [0.1, 0.15) is 11.4 Å². The van der Waals surface area contributed by atoms with Crippen LogP contribution in [-0.4, -0.2) is 52.7 Å². The summed E-state index contributed by atoms with van der Waals surface area (Å²) in [7, 11) is 1.61. The zero-order valence-electron chi connectivity index (χ0n) is 20.3. The highest BCUT2D eigenvalue weighted by molar-refractivity contribution is 6.00. The van der Waals surface area contributed by atoms with E-state index >= 15 is 0 Å². The second-order valence-electron chi connectivity index (χ2n) is 8.92. The number of rotatable bonds is 6. The van der Waals surface area contributed by atoms with E-state index in [-0.39, 0.29) is 17.9 Å². The fraction of sp³-hybridized carbons (Fsp3) is 0.250. The van der Waals surface area contributed by atoms with Crippen LogP contribution in [0.5, 0.6) is 5.75 Å². The molecule has 0 aliphatic carbocycles. The van der Waals surface area contributed by atoms with Crippen LogP contribution in [-0.2, 0) is 0 Å². The molecule has 3 heterocycles. The molecule has 0 unspecified atom stereocenters. The third-order valence-electron chi connectivity index (χ3n) is 6.45. The van der Waals surface area contributed by atoms with Crippen molar-refractivity contribution in [1.82, 2.24) is 20.0 Å². The SMILES string of the molecule is COc1cccc(-c2nn(-c3ccc(C)cc3)cc2C(=O)NC2CCN(C(=O)c3ccco3)CC2)c1. The molecule has 0 radical (unpaired) electrons. The van der Waals surface area contributed by atoms with Gasteiger partial charge in [0.05, 0.1) is 24.6 Å². The van der Waals surface area contributed by atoms with E-state index in [1.807, 2.05) is 55.5 Å². The predicted octanol–water partition coefficient (Wildman–Crippen LogP) is 4.48. The minimum atomic E-state index is -0.193. The van der Waals surface area contributed by atoms with E-state index in [4.69, 9.17) is 14.3 Å². The van der Waals surface area contributed by atoms with Gasteiger partial charge >= 0.3 is 0 Å². The molecule has 36 heavy (non-hydrogen) atoms. The molecular formula is C28H28N4O4. The van der Waals surface area contributed by atoms with Crippen LogP contribution >= 0.6 is 0 Å². The Morgan fingerprint density at radius 1 is 1.06 bits per heavy atom. The molecule has 0 spiro atoms. The van der Waals surface area contributed by atoms with E-state index in [0.29, 0.717) is 48.7 Å². The number of nitrogens with one attached hydrogen (secondary N) is 1. The van der Waals surface area contributed by atoms with Gasteiger partial charge in [0.25, 0.3) is 11.8 Å². The molecule has 5 rings (SSSR count). The van der Waals surface area contributed by atoms with Crippen molar-refractivity contribution < 1.29 is 18.7 Å². The molecule has 4 aromatic rings. The number of hydrogen-bond acceptors (Lipinski definition) is 5. The molecule has 2 amide bonds. The molecule has 184 valence electrons. The van der Waals surface area contributed by atoms with Crippen LogP contribution in [0.3, 0.4) is 0 Å². The highest BCUT2D eigenvalue weighted by atomic mass is 16.5. The number of aromatic nitrogens is 2. The van der Waals surface area contributed by atoms with Gasteiger partial charge in [0.2, 0.25) is 0 Å². The molecule has 1 aliphatic rings. The third-order valence-corrected chi connectivity index (χ3v) is 6.45. The van der Waals surface area contributed by atoms with Crippen LogP contribution in [0.4, 0.5) is 0 Å². The molecule has 8 nitrogen and oxygen atoms in total. The fourth-order valence-electron chi connectivity index (χ4n) is 4.40. The lowest BCUT2D eigenvalue weighted by molar-refractivity contribution is 0.0667. The van der Waals surface area contributed by atoms with E-state index in [2.05, 4.69) is 5.32 Å². The smallest absolute Gasteiger partial charge is 0.289 e. The van der Waals surface area contributed by atoms with Gasteiger partial charge in [0, 0.05) is 30.9 Å². The quantitative estimate of drug-likeness (QED) is 0.436. The number of carbonyl (C=O) groups is 2. The standard InChI is InChI=1S/C28H28N4O4/c1-19-8-10-22(11-9-19)32-18-24(26(30-32)20-5-3-6-23(17-20)35-2)27(33)29-21-12-14-31(15-13-21)28(34)25-7-4-16-36-25/h3-11,16-18,21H,12-15H2,1-2H3,(H,29,33). The molecule has 0 bridgehead atoms. The summed E-state index contributed by atoms with van der Waals surface area (Å²) >= 11 is 0. The number of amides is 2. The molecule has 0 saturated carbocycles. The number of aryl methyl sites for hydroxylation is 1. The zero-order chi connectivity index (χ0) is 25.1. The fourth-order valence-corrected chi connectivity index (χ4v) is 4.40. The van der Waals surface area contributed by atoms with Gasteiger partial charge in [-0.1, -0.05) is 29.8 Å². The third kappa shape index (κ3) is 4.88. The Bertz CT molecular complexity index is 1350. The lowest BCUT2D eigenvalue weighted by Gasteiger charge is -2.31. The highest BCUT2D eigenvalue weighted by Crippen LogP contribution is 2.27. The predicted molar refractivity (Wildman–Crippen MR) is 135 cm³/mol. The maximum atomic E-state index is 13.5. The van der Waals surface area contributed by atoms with Gasteiger partial charge in [0.15, 0.2) is 5.76 Å². The lowest BCUT2D eigenvalue weighted by Crippen LogP contribution is -2.46. The lowest BCUT2D eigenvalue weighted by atomic mass is 10.0. The number of piperidine rings is 1. The van der Waals surface area contributed by atoms with Gasteiger partial charge in [-0.05, 0) is 56.2 Å². The summed E-state index contributed by atoms with van der Waals surface area (Å²) in [4.78, 5) is 27.8. The van der Waals surface area contributed by atoms with Crippen LogP contribution in [0.25, 0.3) is 16.9 Å². The zero-order valence-corrected chi connectivity index (χ0v) is 20.3. The first-order valence-corrected chi connectivity index (χ1v) is 12.0. The summed E-state index contributed by atoms with van der Waals surface area (Å²) in [6.07, 6.45) is 4.60. The number of hydrogen-bond donors (Lipinski definition) is 1. The first kappa shape index (κ1) is 23.4. The first-order chi connectivity index (χ1) is 17.5. The van der Waals surface area contributed by atoms with Crippen molar-refractivity contribution in [3.8, 4) is 22.7 Å². The van der Waals surface area contributed by atoms with Crippen molar-refractivity contribution in [2.45, 2.75) is 25.8 Å². The summed E-state index contributed by atoms with van der Waals surface area (Å²) in [5.74, 6) is 0.715. The topological polar surface area (TPSA) is 89.6 Å².